The van der Waals surface area contributed by atoms with Gasteiger partial charge in [0.25, 0.3) is 0 Å². The molecule has 0 bridgehead atoms. The molecule has 0 radical (unpaired) electrons. The van der Waals surface area contributed by atoms with Crippen molar-refractivity contribution in [2.24, 2.45) is 0 Å². The van der Waals surface area contributed by atoms with E-state index >= 15 is 0 Å². The van der Waals surface area contributed by atoms with Gasteiger partial charge in [-0.2, -0.15) is 0 Å². The van der Waals surface area contributed by atoms with E-state index in [4.69, 9.17) is 21.1 Å². The number of hydrogen-bond donors (Lipinski definition) is 0. The van der Waals surface area contributed by atoms with Gasteiger partial charge in [0.05, 0.1) is 12.6 Å². The fourth-order valence-corrected chi connectivity index (χ4v) is 3.06. The fraction of sp³-hybridized carbons (Fsp3) is 0.550. The first kappa shape index (κ1) is 19.8. The molecular weight excluding hydrogens is 338 g/mol. The number of halogens is 1. The number of nitrogens with zero attached hydrogens (tertiary/aromatic N) is 1. The van der Waals surface area contributed by atoms with Gasteiger partial charge in [0, 0.05) is 5.02 Å². The Hall–Kier alpha value is -1.52. The highest BCUT2D eigenvalue weighted by Gasteiger charge is 2.44. The molecule has 0 N–H and O–H groups in total. The molecule has 1 saturated heterocycles. The molecule has 1 aromatic rings. The first-order valence-electron chi connectivity index (χ1n) is 8.66. The molecule has 1 heterocycles. The summed E-state index contributed by atoms with van der Waals surface area (Å²) >= 11 is 5.98. The van der Waals surface area contributed by atoms with E-state index in [9.17, 15) is 4.79 Å². The first-order chi connectivity index (χ1) is 11.5. The summed E-state index contributed by atoms with van der Waals surface area (Å²) in [5.41, 5.74) is 0.994. The maximum absolute atomic E-state index is 12.7. The van der Waals surface area contributed by atoms with Crippen LogP contribution in [0.25, 0.3) is 5.57 Å². The van der Waals surface area contributed by atoms with E-state index in [0.29, 0.717) is 11.6 Å². The van der Waals surface area contributed by atoms with Crippen molar-refractivity contribution in [2.45, 2.75) is 65.3 Å². The van der Waals surface area contributed by atoms with Crippen molar-refractivity contribution in [3.05, 3.63) is 40.9 Å². The Morgan fingerprint density at radius 2 is 1.96 bits per heavy atom. The van der Waals surface area contributed by atoms with Crippen LogP contribution in [-0.2, 0) is 9.47 Å². The summed E-state index contributed by atoms with van der Waals surface area (Å²) in [5.74, 6) is 0. The summed E-state index contributed by atoms with van der Waals surface area (Å²) in [4.78, 5) is 14.4. The standard InChI is InChI=1S/C20H28ClNO3/c1-7-14(15-8-10-16(21)11-9-15)12-17-13-24-20(5,6)22(17)18(23)25-19(2,3)4/h8-12,17H,7,13H2,1-6H3/b14-12+/t17-/m0/s1. The monoisotopic (exact) mass is 365 g/mol. The Morgan fingerprint density at radius 1 is 1.36 bits per heavy atom. The number of carbonyl (C=O) groups excluding carboxylic acids is 1. The quantitative estimate of drug-likeness (QED) is 0.709. The molecule has 1 fully saturated rings. The number of carbonyl (C=O) groups is 1. The summed E-state index contributed by atoms with van der Waals surface area (Å²) in [6.45, 7) is 11.9. The zero-order valence-corrected chi connectivity index (χ0v) is 16.7. The number of hydrogen-bond acceptors (Lipinski definition) is 3. The lowest BCUT2D eigenvalue weighted by atomic mass is 10.0. The minimum absolute atomic E-state index is 0.171. The predicted octanol–water partition coefficient (Wildman–Crippen LogP) is 5.51. The normalized spacial score (nSPS) is 20.7. The average molecular weight is 366 g/mol. The number of benzene rings is 1. The summed E-state index contributed by atoms with van der Waals surface area (Å²) in [5, 5.41) is 0.708. The van der Waals surface area contributed by atoms with Gasteiger partial charge in [-0.3, -0.25) is 4.90 Å². The topological polar surface area (TPSA) is 38.8 Å². The van der Waals surface area contributed by atoms with Crippen LogP contribution < -0.4 is 0 Å². The maximum atomic E-state index is 12.7. The Balaban J connectivity index is 2.31. The van der Waals surface area contributed by atoms with Crippen LogP contribution >= 0.6 is 11.6 Å². The van der Waals surface area contributed by atoms with Gasteiger partial charge in [-0.05, 0) is 64.3 Å². The number of ether oxygens (including phenoxy) is 2. The Bertz CT molecular complexity index is 644. The van der Waals surface area contributed by atoms with E-state index in [2.05, 4.69) is 13.0 Å². The number of amides is 1. The zero-order valence-electron chi connectivity index (χ0n) is 15.9. The lowest BCUT2D eigenvalue weighted by Gasteiger charge is -2.34. The smallest absolute Gasteiger partial charge is 0.413 e. The van der Waals surface area contributed by atoms with Crippen LogP contribution in [0.1, 0.15) is 53.5 Å². The third kappa shape index (κ3) is 4.99. The van der Waals surface area contributed by atoms with Crippen molar-refractivity contribution in [1.29, 1.82) is 0 Å². The minimum atomic E-state index is -0.706. The molecule has 2 rings (SSSR count). The van der Waals surface area contributed by atoms with Gasteiger partial charge in [-0.15, -0.1) is 0 Å². The van der Waals surface area contributed by atoms with E-state index in [1.807, 2.05) is 58.9 Å². The van der Waals surface area contributed by atoms with Crippen LogP contribution in [0.5, 0.6) is 0 Å². The Kier molecular flexibility index (Phi) is 5.85. The van der Waals surface area contributed by atoms with Crippen LogP contribution in [-0.4, -0.2) is 35.0 Å². The fourth-order valence-electron chi connectivity index (χ4n) is 2.94. The van der Waals surface area contributed by atoms with Crippen LogP contribution in [0.15, 0.2) is 30.3 Å². The maximum Gasteiger partial charge on any atom is 0.413 e. The van der Waals surface area contributed by atoms with Crippen molar-refractivity contribution in [1.82, 2.24) is 4.90 Å². The van der Waals surface area contributed by atoms with Crippen LogP contribution in [0, 0.1) is 0 Å². The van der Waals surface area contributed by atoms with Gasteiger partial charge in [0.1, 0.15) is 11.3 Å². The summed E-state index contributed by atoms with van der Waals surface area (Å²) in [6.07, 6.45) is 2.59. The molecule has 4 nitrogen and oxygen atoms in total. The summed E-state index contributed by atoms with van der Waals surface area (Å²) in [6, 6.07) is 7.57. The van der Waals surface area contributed by atoms with Crippen molar-refractivity contribution in [3.63, 3.8) is 0 Å². The van der Waals surface area contributed by atoms with Crippen LogP contribution in [0.3, 0.4) is 0 Å². The largest absolute Gasteiger partial charge is 0.444 e. The lowest BCUT2D eigenvalue weighted by molar-refractivity contribution is -0.0610. The molecule has 0 aromatic heterocycles. The van der Waals surface area contributed by atoms with E-state index in [1.165, 1.54) is 0 Å². The zero-order chi connectivity index (χ0) is 18.8. The molecule has 1 atom stereocenters. The molecule has 25 heavy (non-hydrogen) atoms. The molecule has 5 heteroatoms. The van der Waals surface area contributed by atoms with E-state index in [1.54, 1.807) is 4.90 Å². The highest BCUT2D eigenvalue weighted by molar-refractivity contribution is 6.30. The van der Waals surface area contributed by atoms with Gasteiger partial charge in [0.15, 0.2) is 0 Å². The minimum Gasteiger partial charge on any atom is -0.444 e. The molecule has 138 valence electrons. The summed E-state index contributed by atoms with van der Waals surface area (Å²) in [7, 11) is 0. The summed E-state index contributed by atoms with van der Waals surface area (Å²) < 4.78 is 11.4. The van der Waals surface area contributed by atoms with Crippen LogP contribution in [0.2, 0.25) is 5.02 Å². The molecule has 0 spiro atoms. The molecular formula is C20H28ClNO3. The molecule has 0 aliphatic carbocycles. The van der Waals surface area contributed by atoms with Gasteiger partial charge >= 0.3 is 6.09 Å². The first-order valence-corrected chi connectivity index (χ1v) is 9.04. The van der Waals surface area contributed by atoms with Crippen molar-refractivity contribution < 1.29 is 14.3 Å². The molecule has 1 aliphatic heterocycles. The lowest BCUT2D eigenvalue weighted by Crippen LogP contribution is -2.49. The van der Waals surface area contributed by atoms with Crippen LogP contribution in [0.4, 0.5) is 4.79 Å². The third-order valence-corrected chi connectivity index (χ3v) is 4.35. The van der Waals surface area contributed by atoms with E-state index < -0.39 is 11.3 Å². The second-order valence-electron chi connectivity index (χ2n) is 7.73. The van der Waals surface area contributed by atoms with E-state index in [-0.39, 0.29) is 12.1 Å². The number of rotatable bonds is 3. The molecule has 0 unspecified atom stereocenters. The van der Waals surface area contributed by atoms with Gasteiger partial charge in [-0.25, -0.2) is 4.79 Å². The predicted molar refractivity (Wildman–Crippen MR) is 102 cm³/mol. The highest BCUT2D eigenvalue weighted by Crippen LogP contribution is 2.32. The van der Waals surface area contributed by atoms with Crippen molar-refractivity contribution in [2.75, 3.05) is 6.61 Å². The van der Waals surface area contributed by atoms with Crippen molar-refractivity contribution in [3.8, 4) is 0 Å². The van der Waals surface area contributed by atoms with Gasteiger partial charge in [0.2, 0.25) is 0 Å². The average Bonchev–Trinajstić information content (AvgIpc) is 2.78. The molecule has 1 amide bonds. The number of allylic oxidation sites excluding steroid dienone is 1. The van der Waals surface area contributed by atoms with Crippen molar-refractivity contribution >= 4 is 23.3 Å². The Labute approximate surface area is 155 Å². The molecule has 1 aromatic carbocycles. The Morgan fingerprint density at radius 3 is 2.48 bits per heavy atom. The highest BCUT2D eigenvalue weighted by atomic mass is 35.5. The van der Waals surface area contributed by atoms with E-state index in [0.717, 1.165) is 17.6 Å². The van der Waals surface area contributed by atoms with Gasteiger partial charge < -0.3 is 9.47 Å². The molecule has 1 aliphatic rings. The second kappa shape index (κ2) is 7.38. The second-order valence-corrected chi connectivity index (χ2v) is 8.16. The van der Waals surface area contributed by atoms with Gasteiger partial charge in [-0.1, -0.05) is 36.7 Å². The third-order valence-electron chi connectivity index (χ3n) is 4.10. The SMILES string of the molecule is CC/C(=C\[C@H]1COC(C)(C)N1C(=O)OC(C)(C)C)c1ccc(Cl)cc1. The molecule has 0 saturated carbocycles.